The molecule has 0 atom stereocenters. The third-order valence-corrected chi connectivity index (χ3v) is 3.66. The van der Waals surface area contributed by atoms with E-state index in [9.17, 15) is 0 Å². The third-order valence-electron chi connectivity index (χ3n) is 3.08. The van der Waals surface area contributed by atoms with Crippen molar-refractivity contribution in [1.29, 1.82) is 0 Å². The quantitative estimate of drug-likeness (QED) is 0.514. The molecule has 3 heteroatoms. The number of hydrogen-bond donors (Lipinski definition) is 0. The minimum absolute atomic E-state index is 0. The maximum atomic E-state index is 4.49. The van der Waals surface area contributed by atoms with Gasteiger partial charge in [0.05, 0.1) is 0 Å². The van der Waals surface area contributed by atoms with Gasteiger partial charge >= 0.3 is 18.9 Å². The Balaban J connectivity index is 0.00000162. The van der Waals surface area contributed by atoms with E-state index in [0.29, 0.717) is 0 Å². The van der Waals surface area contributed by atoms with Crippen LogP contribution in [0.15, 0.2) is 12.1 Å². The van der Waals surface area contributed by atoms with E-state index >= 15 is 0 Å². The van der Waals surface area contributed by atoms with Gasteiger partial charge in [0.25, 0.3) is 0 Å². The molecule has 0 aliphatic carbocycles. The fourth-order valence-corrected chi connectivity index (χ4v) is 2.52. The Morgan fingerprint density at radius 2 is 1.61 bits per heavy atom. The molecule has 0 aliphatic heterocycles. The van der Waals surface area contributed by atoms with Gasteiger partial charge < -0.3 is 0 Å². The Hall–Kier alpha value is -0.293. The Bertz CT molecular complexity index is 544. The van der Waals surface area contributed by atoms with Crippen LogP contribution in [-0.2, 0) is 10.8 Å². The number of nitrogens with zero attached hydrogens (tertiary/aromatic N) is 1. The molecule has 1 nitrogen and oxygen atoms in total. The van der Waals surface area contributed by atoms with E-state index in [2.05, 4.69) is 63.4 Å². The van der Waals surface area contributed by atoms with Crippen molar-refractivity contribution < 1.29 is 18.9 Å². The first-order chi connectivity index (χ1) is 7.69. The van der Waals surface area contributed by atoms with Gasteiger partial charge in [-0.25, -0.2) is 0 Å². The zero-order chi connectivity index (χ0) is 12.8. The van der Waals surface area contributed by atoms with Crippen molar-refractivity contribution in [2.45, 2.75) is 52.4 Å². The summed E-state index contributed by atoms with van der Waals surface area (Å²) in [7, 11) is 0. The van der Waals surface area contributed by atoms with Gasteiger partial charge in [-0.2, -0.15) is 11.5 Å². The van der Waals surface area contributed by atoms with Crippen LogP contribution in [0, 0.1) is 5.38 Å². The molecular formula is C15H20LiNS. The van der Waals surface area contributed by atoms with Gasteiger partial charge in [0.1, 0.15) is 0 Å². The maximum absolute atomic E-state index is 4.49. The van der Waals surface area contributed by atoms with Crippen LogP contribution in [0.2, 0.25) is 0 Å². The summed E-state index contributed by atoms with van der Waals surface area (Å²) < 4.78 is 4.49. The molecule has 0 amide bonds. The van der Waals surface area contributed by atoms with Gasteiger partial charge in [0, 0.05) is 0 Å². The fourth-order valence-electron chi connectivity index (χ4n) is 1.93. The Morgan fingerprint density at radius 1 is 1.00 bits per heavy atom. The molecule has 18 heavy (non-hydrogen) atoms. The third kappa shape index (κ3) is 2.99. The summed E-state index contributed by atoms with van der Waals surface area (Å²) in [6.07, 6.45) is 0. The molecule has 0 fully saturated rings. The van der Waals surface area contributed by atoms with Crippen molar-refractivity contribution in [2.75, 3.05) is 0 Å². The van der Waals surface area contributed by atoms with Gasteiger partial charge in [0.15, 0.2) is 0 Å². The molecule has 0 saturated carbocycles. The molecule has 0 N–H and O–H groups in total. The second-order valence-electron chi connectivity index (χ2n) is 6.70. The number of fused-ring (bicyclic) bond motifs is 1. The zero-order valence-corrected chi connectivity index (χ0v) is 13.3. The average Bonchev–Trinajstić information content (AvgIpc) is 2.59. The minimum atomic E-state index is 0. The number of rotatable bonds is 0. The van der Waals surface area contributed by atoms with Crippen molar-refractivity contribution in [2.24, 2.45) is 0 Å². The van der Waals surface area contributed by atoms with E-state index in [1.54, 1.807) is 0 Å². The van der Waals surface area contributed by atoms with E-state index in [-0.39, 0.29) is 29.7 Å². The van der Waals surface area contributed by atoms with Crippen LogP contribution in [-0.4, -0.2) is 4.37 Å². The fraction of sp³-hybridized carbons (Fsp3) is 0.533. The molecule has 2 rings (SSSR count). The SMILES string of the molecule is CC(C)(C)c1cc(C(C)(C)C)c2ns[c-]c2c1.[Li+]. The molecule has 92 valence electrons. The largest absolute Gasteiger partial charge is 1.00 e. The first-order valence-corrected chi connectivity index (χ1v) is 6.79. The molecule has 0 saturated heterocycles. The molecule has 0 radical (unpaired) electrons. The smallest absolute Gasteiger partial charge is 0.271 e. The van der Waals surface area contributed by atoms with Crippen LogP contribution in [0.25, 0.3) is 10.9 Å². The summed E-state index contributed by atoms with van der Waals surface area (Å²) in [5.74, 6) is 0. The van der Waals surface area contributed by atoms with Crippen molar-refractivity contribution in [1.82, 2.24) is 4.37 Å². The van der Waals surface area contributed by atoms with Crippen molar-refractivity contribution in [3.05, 3.63) is 28.6 Å². The second kappa shape index (κ2) is 5.00. The summed E-state index contributed by atoms with van der Waals surface area (Å²) in [4.78, 5) is 0. The van der Waals surface area contributed by atoms with Crippen molar-refractivity contribution >= 4 is 22.4 Å². The molecular weight excluding hydrogens is 233 g/mol. The number of aromatic nitrogens is 1. The summed E-state index contributed by atoms with van der Waals surface area (Å²) >= 11 is 1.43. The Kier molecular flexibility index (Phi) is 4.38. The zero-order valence-electron chi connectivity index (χ0n) is 12.5. The van der Waals surface area contributed by atoms with Gasteiger partial charge in [-0.1, -0.05) is 64.1 Å². The summed E-state index contributed by atoms with van der Waals surface area (Å²) in [5.41, 5.74) is 4.12. The Morgan fingerprint density at radius 3 is 2.11 bits per heavy atom. The van der Waals surface area contributed by atoms with Gasteiger partial charge in [-0.05, 0) is 16.3 Å². The molecule has 1 aromatic heterocycles. The van der Waals surface area contributed by atoms with E-state index in [0.717, 1.165) is 10.9 Å². The van der Waals surface area contributed by atoms with Crippen LogP contribution in [0.4, 0.5) is 0 Å². The van der Waals surface area contributed by atoms with Crippen molar-refractivity contribution in [3.8, 4) is 0 Å². The van der Waals surface area contributed by atoms with Gasteiger partial charge in [-0.15, -0.1) is 11.5 Å². The molecule has 1 aromatic carbocycles. The second-order valence-corrected chi connectivity index (χ2v) is 7.27. The molecule has 1 heterocycles. The minimum Gasteiger partial charge on any atom is -0.271 e. The van der Waals surface area contributed by atoms with Gasteiger partial charge in [-0.3, -0.25) is 4.37 Å². The average molecular weight is 253 g/mol. The molecule has 0 spiro atoms. The van der Waals surface area contributed by atoms with Crippen LogP contribution in [0.1, 0.15) is 52.7 Å². The van der Waals surface area contributed by atoms with Gasteiger partial charge in [0.2, 0.25) is 0 Å². The topological polar surface area (TPSA) is 12.9 Å². The van der Waals surface area contributed by atoms with E-state index < -0.39 is 0 Å². The maximum Gasteiger partial charge on any atom is 1.00 e. The predicted molar refractivity (Wildman–Crippen MR) is 75.9 cm³/mol. The normalized spacial score (nSPS) is 12.6. The molecule has 2 aromatic rings. The Labute approximate surface area is 126 Å². The first kappa shape index (κ1) is 15.8. The van der Waals surface area contributed by atoms with E-state index in [4.69, 9.17) is 0 Å². The summed E-state index contributed by atoms with van der Waals surface area (Å²) in [5, 5.41) is 4.43. The standard InChI is InChI=1S/C15H20NS.Li/c1-14(2,3)11-7-10-9-17-16-13(10)12(8-11)15(4,5)6;/h7-8H,1-6H3;/q-1;+1. The number of hydrogen-bond acceptors (Lipinski definition) is 2. The summed E-state index contributed by atoms with van der Waals surface area (Å²) in [6, 6.07) is 4.55. The molecule has 0 aliphatic rings. The predicted octanol–water partition coefficient (Wildman–Crippen LogP) is 1.70. The molecule has 0 unspecified atom stereocenters. The monoisotopic (exact) mass is 253 g/mol. The summed E-state index contributed by atoms with van der Waals surface area (Å²) in [6.45, 7) is 13.5. The van der Waals surface area contributed by atoms with E-state index in [1.165, 1.54) is 22.7 Å². The van der Waals surface area contributed by atoms with Crippen LogP contribution >= 0.6 is 11.5 Å². The van der Waals surface area contributed by atoms with Crippen molar-refractivity contribution in [3.63, 3.8) is 0 Å². The van der Waals surface area contributed by atoms with Crippen LogP contribution in [0.5, 0.6) is 0 Å². The first-order valence-electron chi connectivity index (χ1n) is 6.02. The van der Waals surface area contributed by atoms with Crippen LogP contribution in [0.3, 0.4) is 0 Å². The van der Waals surface area contributed by atoms with Crippen LogP contribution < -0.4 is 18.9 Å². The van der Waals surface area contributed by atoms with E-state index in [1.807, 2.05) is 0 Å². The molecule has 0 bridgehead atoms. The number of benzene rings is 1.